The van der Waals surface area contributed by atoms with Crippen molar-refractivity contribution in [2.45, 2.75) is 38.1 Å². The smallest absolute Gasteiger partial charge is 0.131 e. The van der Waals surface area contributed by atoms with Crippen LogP contribution >= 0.6 is 0 Å². The standard InChI is InChI=1S/C13H18FNO/c1-2-16-10-5-6-11(12(14)9-10)13(15)7-3-4-8-13/h5-6,9H,2-4,7-8,15H2,1H3. The molecule has 0 aromatic heterocycles. The van der Waals surface area contributed by atoms with Crippen molar-refractivity contribution in [3.05, 3.63) is 29.6 Å². The van der Waals surface area contributed by atoms with E-state index >= 15 is 0 Å². The Labute approximate surface area is 95.6 Å². The van der Waals surface area contributed by atoms with Crippen LogP contribution in [-0.2, 0) is 5.54 Å². The van der Waals surface area contributed by atoms with Crippen LogP contribution in [0.15, 0.2) is 18.2 Å². The highest BCUT2D eigenvalue weighted by atomic mass is 19.1. The third-order valence-electron chi connectivity index (χ3n) is 3.28. The van der Waals surface area contributed by atoms with Gasteiger partial charge in [-0.2, -0.15) is 0 Å². The topological polar surface area (TPSA) is 35.2 Å². The van der Waals surface area contributed by atoms with E-state index in [1.807, 2.05) is 6.92 Å². The maximum atomic E-state index is 13.9. The van der Waals surface area contributed by atoms with E-state index in [4.69, 9.17) is 10.5 Å². The average Bonchev–Trinajstić information content (AvgIpc) is 2.66. The van der Waals surface area contributed by atoms with E-state index in [9.17, 15) is 4.39 Å². The van der Waals surface area contributed by atoms with Crippen LogP contribution in [0, 0.1) is 5.82 Å². The number of hydrogen-bond acceptors (Lipinski definition) is 2. The summed E-state index contributed by atoms with van der Waals surface area (Å²) in [5.41, 5.74) is 6.39. The van der Waals surface area contributed by atoms with Gasteiger partial charge in [-0.1, -0.05) is 18.9 Å². The lowest BCUT2D eigenvalue weighted by Gasteiger charge is -2.24. The Kier molecular flexibility index (Phi) is 3.15. The summed E-state index contributed by atoms with van der Waals surface area (Å²) in [5, 5.41) is 0. The molecule has 0 heterocycles. The number of halogens is 1. The highest BCUT2D eigenvalue weighted by Crippen LogP contribution is 2.38. The first-order valence-corrected chi connectivity index (χ1v) is 5.87. The monoisotopic (exact) mass is 223 g/mol. The SMILES string of the molecule is CCOc1ccc(C2(N)CCCC2)c(F)c1. The Hall–Kier alpha value is -1.09. The molecule has 0 spiro atoms. The Balaban J connectivity index is 2.28. The molecule has 0 aliphatic heterocycles. The van der Waals surface area contributed by atoms with Crippen molar-refractivity contribution < 1.29 is 9.13 Å². The number of ether oxygens (including phenoxy) is 1. The van der Waals surface area contributed by atoms with Gasteiger partial charge in [0.1, 0.15) is 11.6 Å². The minimum absolute atomic E-state index is 0.240. The van der Waals surface area contributed by atoms with Gasteiger partial charge in [0.05, 0.1) is 6.61 Å². The largest absolute Gasteiger partial charge is 0.494 e. The normalized spacial score (nSPS) is 18.7. The van der Waals surface area contributed by atoms with Gasteiger partial charge >= 0.3 is 0 Å². The summed E-state index contributed by atoms with van der Waals surface area (Å²) in [4.78, 5) is 0. The molecule has 0 amide bonds. The van der Waals surface area contributed by atoms with Gasteiger partial charge in [0.15, 0.2) is 0 Å². The van der Waals surface area contributed by atoms with E-state index in [0.29, 0.717) is 17.9 Å². The van der Waals surface area contributed by atoms with Crippen LogP contribution in [0.4, 0.5) is 4.39 Å². The first-order valence-electron chi connectivity index (χ1n) is 5.87. The highest BCUT2D eigenvalue weighted by Gasteiger charge is 2.33. The summed E-state index contributed by atoms with van der Waals surface area (Å²) >= 11 is 0. The highest BCUT2D eigenvalue weighted by molar-refractivity contribution is 5.34. The van der Waals surface area contributed by atoms with Gasteiger partial charge in [-0.15, -0.1) is 0 Å². The zero-order chi connectivity index (χ0) is 11.6. The van der Waals surface area contributed by atoms with E-state index in [1.54, 1.807) is 12.1 Å². The van der Waals surface area contributed by atoms with Gasteiger partial charge in [0, 0.05) is 17.2 Å². The minimum Gasteiger partial charge on any atom is -0.494 e. The molecule has 3 heteroatoms. The zero-order valence-corrected chi connectivity index (χ0v) is 9.63. The molecule has 1 aliphatic rings. The van der Waals surface area contributed by atoms with Gasteiger partial charge in [0.2, 0.25) is 0 Å². The van der Waals surface area contributed by atoms with Crippen LogP contribution < -0.4 is 10.5 Å². The molecule has 16 heavy (non-hydrogen) atoms. The van der Waals surface area contributed by atoms with Crippen molar-refractivity contribution in [3.8, 4) is 5.75 Å². The Morgan fingerprint density at radius 2 is 2.06 bits per heavy atom. The molecular formula is C13H18FNO. The lowest BCUT2D eigenvalue weighted by molar-refractivity contribution is 0.336. The van der Waals surface area contributed by atoms with E-state index in [0.717, 1.165) is 25.7 Å². The molecule has 2 N–H and O–H groups in total. The predicted octanol–water partition coefficient (Wildman–Crippen LogP) is 2.95. The van der Waals surface area contributed by atoms with Crippen LogP contribution in [0.5, 0.6) is 5.75 Å². The summed E-state index contributed by atoms with van der Waals surface area (Å²) in [6, 6.07) is 5.01. The molecule has 1 saturated carbocycles. The molecular weight excluding hydrogens is 205 g/mol. The third kappa shape index (κ3) is 2.05. The van der Waals surface area contributed by atoms with Gasteiger partial charge in [0.25, 0.3) is 0 Å². The van der Waals surface area contributed by atoms with Crippen molar-refractivity contribution in [3.63, 3.8) is 0 Å². The molecule has 1 fully saturated rings. The Morgan fingerprint density at radius 1 is 1.38 bits per heavy atom. The molecule has 0 bridgehead atoms. The second-order valence-electron chi connectivity index (χ2n) is 4.44. The average molecular weight is 223 g/mol. The summed E-state index contributed by atoms with van der Waals surface area (Å²) < 4.78 is 19.2. The fourth-order valence-corrected chi connectivity index (χ4v) is 2.43. The second kappa shape index (κ2) is 4.42. The lowest BCUT2D eigenvalue weighted by Crippen LogP contribution is -2.34. The molecule has 1 aliphatic carbocycles. The maximum absolute atomic E-state index is 13.9. The molecule has 2 rings (SSSR count). The summed E-state index contributed by atoms with van der Waals surface area (Å²) in [7, 11) is 0. The second-order valence-corrected chi connectivity index (χ2v) is 4.44. The quantitative estimate of drug-likeness (QED) is 0.855. The Morgan fingerprint density at radius 3 is 2.62 bits per heavy atom. The van der Waals surface area contributed by atoms with E-state index in [-0.39, 0.29) is 5.82 Å². The fraction of sp³-hybridized carbons (Fsp3) is 0.538. The van der Waals surface area contributed by atoms with E-state index in [1.165, 1.54) is 6.07 Å². The van der Waals surface area contributed by atoms with Crippen molar-refractivity contribution in [1.82, 2.24) is 0 Å². The van der Waals surface area contributed by atoms with Crippen molar-refractivity contribution in [1.29, 1.82) is 0 Å². The fourth-order valence-electron chi connectivity index (χ4n) is 2.43. The van der Waals surface area contributed by atoms with Crippen LogP contribution in [0.3, 0.4) is 0 Å². The van der Waals surface area contributed by atoms with Crippen molar-refractivity contribution >= 4 is 0 Å². The number of hydrogen-bond donors (Lipinski definition) is 1. The van der Waals surface area contributed by atoms with Gasteiger partial charge < -0.3 is 10.5 Å². The molecule has 1 aromatic carbocycles. The third-order valence-corrected chi connectivity index (χ3v) is 3.28. The van der Waals surface area contributed by atoms with Gasteiger partial charge in [-0.05, 0) is 25.8 Å². The molecule has 2 nitrogen and oxygen atoms in total. The van der Waals surface area contributed by atoms with Crippen LogP contribution in [0.25, 0.3) is 0 Å². The van der Waals surface area contributed by atoms with Crippen LogP contribution in [0.1, 0.15) is 38.2 Å². The molecule has 0 atom stereocenters. The molecule has 0 saturated heterocycles. The summed E-state index contributed by atoms with van der Waals surface area (Å²) in [6.45, 7) is 2.43. The lowest BCUT2D eigenvalue weighted by atomic mass is 9.89. The molecule has 0 unspecified atom stereocenters. The first kappa shape index (κ1) is 11.4. The van der Waals surface area contributed by atoms with Crippen molar-refractivity contribution in [2.24, 2.45) is 5.73 Å². The predicted molar refractivity (Wildman–Crippen MR) is 61.9 cm³/mol. The Bertz CT molecular complexity index is 372. The summed E-state index contributed by atoms with van der Waals surface area (Å²) in [6.07, 6.45) is 3.92. The number of nitrogens with two attached hydrogens (primary N) is 1. The molecule has 88 valence electrons. The molecule has 1 aromatic rings. The summed E-state index contributed by atoms with van der Waals surface area (Å²) in [5.74, 6) is 0.334. The van der Waals surface area contributed by atoms with Crippen molar-refractivity contribution in [2.75, 3.05) is 6.61 Å². The van der Waals surface area contributed by atoms with Crippen LogP contribution in [-0.4, -0.2) is 6.61 Å². The first-order chi connectivity index (χ1) is 7.65. The van der Waals surface area contributed by atoms with Crippen LogP contribution in [0.2, 0.25) is 0 Å². The van der Waals surface area contributed by atoms with Gasteiger partial charge in [-0.3, -0.25) is 0 Å². The van der Waals surface area contributed by atoms with Gasteiger partial charge in [-0.25, -0.2) is 4.39 Å². The molecule has 0 radical (unpaired) electrons. The number of rotatable bonds is 3. The van der Waals surface area contributed by atoms with E-state index < -0.39 is 5.54 Å². The number of benzene rings is 1. The minimum atomic E-state index is -0.463. The maximum Gasteiger partial charge on any atom is 0.131 e. The van der Waals surface area contributed by atoms with E-state index in [2.05, 4.69) is 0 Å². The zero-order valence-electron chi connectivity index (χ0n) is 9.63.